The summed E-state index contributed by atoms with van der Waals surface area (Å²) in [6, 6.07) is 110. The molecule has 434 valence electrons. The highest BCUT2D eigenvalue weighted by Crippen LogP contribution is 2.50. The van der Waals surface area contributed by atoms with E-state index < -0.39 is 0 Å². The number of hydrogen-bond donors (Lipinski definition) is 0. The predicted octanol–water partition coefficient (Wildman–Crippen LogP) is 26.2. The standard InChI is InChI=1S/C90H50O4/c1-2-17-52-48-84-77(43-51(52)16-1)75-46-58(36-40-81(75)92-84)89-70-28-9-7-26-68(70)87(69-27-8-10-29-71(69)89)57-35-39-80-74(45-57)63-38-34-55(49-83(63)91-80)60-30-14-19-54-44-78-76-47-59(37-41-82(76)93-85(78)50-73(54)60)88-66-24-5-3-22-64(66)86(65-23-4-6-25-67(65)88)56-20-13-18-53(42-56)61-31-15-32-72-62-21-11-12-33-79(62)94-90(61)72/h1-50H. The normalized spacial score (nSPS) is 12.3. The molecular formula is C90H50O4. The van der Waals surface area contributed by atoms with Gasteiger partial charge in [-0.25, -0.2) is 0 Å². The van der Waals surface area contributed by atoms with Crippen molar-refractivity contribution in [2.75, 3.05) is 0 Å². The first-order chi connectivity index (χ1) is 46.6. The van der Waals surface area contributed by atoms with Gasteiger partial charge in [0.25, 0.3) is 0 Å². The van der Waals surface area contributed by atoms with Crippen LogP contribution >= 0.6 is 0 Å². The van der Waals surface area contributed by atoms with Crippen LogP contribution in [0.15, 0.2) is 321 Å². The van der Waals surface area contributed by atoms with Crippen molar-refractivity contribution in [2.24, 2.45) is 0 Å². The number of furan rings is 4. The molecule has 0 saturated heterocycles. The summed E-state index contributed by atoms with van der Waals surface area (Å²) in [4.78, 5) is 0. The molecule has 0 fully saturated rings. The van der Waals surface area contributed by atoms with Crippen molar-refractivity contribution in [2.45, 2.75) is 0 Å². The number of fused-ring (bicyclic) bond motifs is 18. The minimum absolute atomic E-state index is 0.845. The van der Waals surface area contributed by atoms with Gasteiger partial charge >= 0.3 is 0 Å². The Morgan fingerprint density at radius 3 is 1.06 bits per heavy atom. The molecule has 0 spiro atoms. The summed E-state index contributed by atoms with van der Waals surface area (Å²) in [6.45, 7) is 0. The average Bonchev–Trinajstić information content (AvgIpc) is 0.841. The third-order valence-electron chi connectivity index (χ3n) is 20.2. The minimum Gasteiger partial charge on any atom is -0.456 e. The second-order valence-corrected chi connectivity index (χ2v) is 25.3. The van der Waals surface area contributed by atoms with Crippen LogP contribution in [0, 0.1) is 0 Å². The van der Waals surface area contributed by atoms with Crippen LogP contribution < -0.4 is 0 Å². The number of para-hydroxylation sites is 2. The highest BCUT2D eigenvalue weighted by molar-refractivity contribution is 6.25. The second kappa shape index (κ2) is 19.5. The van der Waals surface area contributed by atoms with Crippen molar-refractivity contribution in [3.63, 3.8) is 0 Å². The van der Waals surface area contributed by atoms with E-state index in [1.165, 1.54) is 76.1 Å². The van der Waals surface area contributed by atoms with Gasteiger partial charge in [0, 0.05) is 48.7 Å². The van der Waals surface area contributed by atoms with E-state index in [1.54, 1.807) is 0 Å². The van der Waals surface area contributed by atoms with Crippen molar-refractivity contribution in [1.82, 2.24) is 0 Å². The molecule has 0 atom stereocenters. The van der Waals surface area contributed by atoms with Crippen LogP contribution in [0.2, 0.25) is 0 Å². The summed E-state index contributed by atoms with van der Waals surface area (Å²) in [5, 5.41) is 23.0. The molecule has 4 aromatic heterocycles. The maximum atomic E-state index is 6.84. The summed E-state index contributed by atoms with van der Waals surface area (Å²) in [7, 11) is 0. The van der Waals surface area contributed by atoms with Gasteiger partial charge in [0.2, 0.25) is 0 Å². The number of rotatable bonds is 6. The van der Waals surface area contributed by atoms with Crippen LogP contribution in [0.25, 0.3) is 219 Å². The second-order valence-electron chi connectivity index (χ2n) is 25.3. The molecule has 0 aliphatic carbocycles. The maximum absolute atomic E-state index is 6.84. The molecule has 4 heterocycles. The first kappa shape index (κ1) is 51.3. The summed E-state index contributed by atoms with van der Waals surface area (Å²) >= 11 is 0. The molecule has 4 nitrogen and oxygen atoms in total. The molecule has 4 heteroatoms. The minimum atomic E-state index is 0.845. The molecule has 0 bridgehead atoms. The van der Waals surface area contributed by atoms with Crippen LogP contribution in [0.4, 0.5) is 0 Å². The first-order valence-electron chi connectivity index (χ1n) is 32.2. The summed E-state index contributed by atoms with van der Waals surface area (Å²) in [5.74, 6) is 0. The van der Waals surface area contributed by atoms with Crippen molar-refractivity contribution in [3.8, 4) is 66.8 Å². The Hall–Kier alpha value is -12.5. The van der Waals surface area contributed by atoms with Crippen LogP contribution in [-0.2, 0) is 0 Å². The lowest BCUT2D eigenvalue weighted by molar-refractivity contribution is 0.669. The molecule has 0 aliphatic heterocycles. The zero-order valence-electron chi connectivity index (χ0n) is 50.5. The largest absolute Gasteiger partial charge is 0.456 e. The van der Waals surface area contributed by atoms with Gasteiger partial charge in [0.05, 0.1) is 0 Å². The lowest BCUT2D eigenvalue weighted by atomic mass is 9.85. The molecule has 94 heavy (non-hydrogen) atoms. The number of hydrogen-bond acceptors (Lipinski definition) is 4. The molecule has 0 amide bonds. The van der Waals surface area contributed by atoms with Crippen LogP contribution in [0.3, 0.4) is 0 Å². The highest BCUT2D eigenvalue weighted by atomic mass is 16.3. The Morgan fingerprint density at radius 1 is 0.149 bits per heavy atom. The SMILES string of the molecule is c1cc(-c2c3ccccc3c(-c3ccc4oc5cc6c(-c7ccc8c(c7)oc7ccc(-c9c%10ccccc%10c(-c%10ccc%11oc%12cc%13ccccc%13cc%12c%11c%10)c%10ccccc9%10)cc78)cccc6cc5c4c3)c3ccccc23)cc(-c2cccc3c2oc2ccccc23)c1. The Morgan fingerprint density at radius 2 is 0.500 bits per heavy atom. The van der Waals surface area contributed by atoms with Gasteiger partial charge in [-0.3, -0.25) is 0 Å². The average molecular weight is 1200 g/mol. The summed E-state index contributed by atoms with van der Waals surface area (Å²) < 4.78 is 26.7. The van der Waals surface area contributed by atoms with Crippen LogP contribution in [0.5, 0.6) is 0 Å². The third-order valence-corrected chi connectivity index (χ3v) is 20.2. The molecule has 21 rings (SSSR count). The van der Waals surface area contributed by atoms with E-state index in [1.807, 2.05) is 6.07 Å². The Bertz CT molecular complexity index is 6750. The van der Waals surface area contributed by atoms with E-state index in [4.69, 9.17) is 17.7 Å². The molecule has 0 N–H and O–H groups in total. The molecule has 0 radical (unpaired) electrons. The van der Waals surface area contributed by atoms with Crippen molar-refractivity contribution in [1.29, 1.82) is 0 Å². The van der Waals surface area contributed by atoms with Crippen molar-refractivity contribution < 1.29 is 17.7 Å². The van der Waals surface area contributed by atoms with E-state index >= 15 is 0 Å². The van der Waals surface area contributed by atoms with Crippen molar-refractivity contribution >= 4 is 152 Å². The Labute approximate surface area is 536 Å². The fourth-order valence-corrected chi connectivity index (χ4v) is 16.0. The van der Waals surface area contributed by atoms with Gasteiger partial charge < -0.3 is 17.7 Å². The van der Waals surface area contributed by atoms with E-state index in [9.17, 15) is 0 Å². The monoisotopic (exact) mass is 1190 g/mol. The first-order valence-corrected chi connectivity index (χ1v) is 32.2. The van der Waals surface area contributed by atoms with Gasteiger partial charge in [-0.2, -0.15) is 0 Å². The third kappa shape index (κ3) is 7.50. The van der Waals surface area contributed by atoms with Gasteiger partial charge in [-0.15, -0.1) is 0 Å². The molecular weight excluding hydrogens is 1140 g/mol. The molecule has 0 saturated carbocycles. The summed E-state index contributed by atoms with van der Waals surface area (Å²) in [6.07, 6.45) is 0. The van der Waals surface area contributed by atoms with E-state index in [2.05, 4.69) is 297 Å². The fraction of sp³-hybridized carbons (Fsp3) is 0. The Kier molecular flexibility index (Phi) is 10.6. The predicted molar refractivity (Wildman–Crippen MR) is 393 cm³/mol. The summed E-state index contributed by atoms with van der Waals surface area (Å²) in [5.41, 5.74) is 20.8. The number of benzene rings is 17. The van der Waals surface area contributed by atoms with E-state index in [-0.39, 0.29) is 0 Å². The molecule has 21 aromatic rings. The molecule has 17 aromatic carbocycles. The quantitative estimate of drug-likeness (QED) is 0.156. The molecule has 0 aliphatic rings. The zero-order chi connectivity index (χ0) is 61.3. The lowest BCUT2D eigenvalue weighted by Gasteiger charge is -2.18. The smallest absolute Gasteiger partial charge is 0.143 e. The lowest BCUT2D eigenvalue weighted by Crippen LogP contribution is -1.91. The van der Waals surface area contributed by atoms with Crippen LogP contribution in [-0.4, -0.2) is 0 Å². The van der Waals surface area contributed by atoms with Gasteiger partial charge in [-0.05, 0) is 211 Å². The van der Waals surface area contributed by atoms with Gasteiger partial charge in [0.1, 0.15) is 44.7 Å². The zero-order valence-corrected chi connectivity index (χ0v) is 50.5. The fourth-order valence-electron chi connectivity index (χ4n) is 16.0. The Balaban J connectivity index is 0.647. The van der Waals surface area contributed by atoms with Gasteiger partial charge in [0.15, 0.2) is 0 Å². The van der Waals surface area contributed by atoms with Crippen molar-refractivity contribution in [3.05, 3.63) is 303 Å². The van der Waals surface area contributed by atoms with Crippen LogP contribution in [0.1, 0.15) is 0 Å². The van der Waals surface area contributed by atoms with E-state index in [0.717, 1.165) is 143 Å². The maximum Gasteiger partial charge on any atom is 0.143 e. The van der Waals surface area contributed by atoms with E-state index in [0.29, 0.717) is 0 Å². The highest BCUT2D eigenvalue weighted by Gasteiger charge is 2.23. The van der Waals surface area contributed by atoms with Gasteiger partial charge in [-0.1, -0.05) is 218 Å². The molecule has 0 unspecified atom stereocenters. The topological polar surface area (TPSA) is 52.6 Å².